The van der Waals surface area contributed by atoms with Gasteiger partial charge in [-0.1, -0.05) is 42.5 Å². The summed E-state index contributed by atoms with van der Waals surface area (Å²) < 4.78 is 0. The number of hydrogen-bond donors (Lipinski definition) is 3. The van der Waals surface area contributed by atoms with Crippen LogP contribution in [0.3, 0.4) is 0 Å². The van der Waals surface area contributed by atoms with E-state index in [4.69, 9.17) is 10.6 Å². The van der Waals surface area contributed by atoms with E-state index < -0.39 is 34.4 Å². The molecule has 0 radical (unpaired) electrons. The Hall–Kier alpha value is -4.03. The molecule has 2 aromatic rings. The van der Waals surface area contributed by atoms with E-state index in [2.05, 4.69) is 5.48 Å². The Morgan fingerprint density at radius 2 is 1.67 bits per heavy atom. The van der Waals surface area contributed by atoms with Gasteiger partial charge in [-0.3, -0.25) is 24.5 Å². The Morgan fingerprint density at radius 3 is 2.21 bits per heavy atom. The third-order valence-electron chi connectivity index (χ3n) is 5.73. The zero-order chi connectivity index (χ0) is 29.0. The van der Waals surface area contributed by atoms with Crippen LogP contribution < -0.4 is 11.2 Å². The van der Waals surface area contributed by atoms with Crippen LogP contribution in [0.15, 0.2) is 54.6 Å². The minimum atomic E-state index is -1.16. The molecule has 12 nitrogen and oxygen atoms in total. The van der Waals surface area contributed by atoms with Gasteiger partial charge in [-0.05, 0) is 38.3 Å². The molecule has 0 saturated heterocycles. The average molecular weight is 544 g/mol. The van der Waals surface area contributed by atoms with Gasteiger partial charge in [0.25, 0.3) is 5.69 Å². The lowest BCUT2D eigenvalue weighted by Gasteiger charge is -2.35. The Bertz CT molecular complexity index is 1100. The molecular weight excluding hydrogens is 506 g/mol. The number of aliphatic hydroxyl groups is 1. The molecule has 4 N–H and O–H groups in total. The lowest BCUT2D eigenvalue weighted by atomic mass is 10.0. The summed E-state index contributed by atoms with van der Waals surface area (Å²) in [5.74, 6) is -1.31. The lowest BCUT2D eigenvalue weighted by molar-refractivity contribution is -0.384. The summed E-state index contributed by atoms with van der Waals surface area (Å²) >= 11 is 0. The molecule has 0 heterocycles. The van der Waals surface area contributed by atoms with Crippen molar-refractivity contribution in [1.29, 1.82) is 0 Å². The predicted molar refractivity (Wildman–Crippen MR) is 144 cm³/mol. The van der Waals surface area contributed by atoms with Crippen LogP contribution in [0.4, 0.5) is 10.5 Å². The van der Waals surface area contributed by atoms with E-state index in [-0.39, 0.29) is 44.8 Å². The maximum Gasteiger partial charge on any atom is 0.320 e. The number of nitro benzene ring substituents is 1. The maximum absolute atomic E-state index is 13.7. The molecule has 2 aromatic carbocycles. The number of carbonyl (C=O) groups is 3. The SMILES string of the molecule is CC(C)(C)ONC(=O)CCN(C(=O)N(CCO)CCc1ccccc1)[C@@H](Cc1ccc([N+](=O)[O-])cc1)C(N)=O. The summed E-state index contributed by atoms with van der Waals surface area (Å²) in [7, 11) is 0. The molecule has 39 heavy (non-hydrogen) atoms. The van der Waals surface area contributed by atoms with Gasteiger partial charge in [0.15, 0.2) is 0 Å². The topological polar surface area (TPSA) is 168 Å². The molecule has 0 aromatic heterocycles. The smallest absolute Gasteiger partial charge is 0.320 e. The molecule has 0 unspecified atom stereocenters. The van der Waals surface area contributed by atoms with E-state index in [1.807, 2.05) is 30.3 Å². The number of nitrogens with two attached hydrogens (primary N) is 1. The van der Waals surface area contributed by atoms with Crippen LogP contribution in [0.25, 0.3) is 0 Å². The minimum Gasteiger partial charge on any atom is -0.395 e. The summed E-state index contributed by atoms with van der Waals surface area (Å²) in [4.78, 5) is 57.2. The molecule has 4 amide bonds. The number of nitro groups is 1. The molecule has 0 spiro atoms. The first-order valence-electron chi connectivity index (χ1n) is 12.6. The average Bonchev–Trinajstić information content (AvgIpc) is 2.89. The van der Waals surface area contributed by atoms with Gasteiger partial charge in [-0.2, -0.15) is 0 Å². The quantitative estimate of drug-likeness (QED) is 0.242. The van der Waals surface area contributed by atoms with E-state index in [0.717, 1.165) is 5.56 Å². The number of nitrogens with one attached hydrogen (secondary N) is 1. The van der Waals surface area contributed by atoms with E-state index in [9.17, 15) is 29.6 Å². The van der Waals surface area contributed by atoms with Crippen molar-refractivity contribution in [1.82, 2.24) is 15.3 Å². The second kappa shape index (κ2) is 14.8. The fourth-order valence-corrected chi connectivity index (χ4v) is 3.72. The summed E-state index contributed by atoms with van der Waals surface area (Å²) in [6.45, 7) is 5.07. The molecule has 0 fully saturated rings. The normalized spacial score (nSPS) is 11.9. The van der Waals surface area contributed by atoms with E-state index in [0.29, 0.717) is 12.0 Å². The zero-order valence-corrected chi connectivity index (χ0v) is 22.5. The van der Waals surface area contributed by atoms with Gasteiger partial charge in [-0.25, -0.2) is 10.3 Å². The minimum absolute atomic E-state index is 0.00448. The molecule has 1 atom stereocenters. The first kappa shape index (κ1) is 31.2. The number of rotatable bonds is 14. The maximum atomic E-state index is 13.7. The number of hydrogen-bond acceptors (Lipinski definition) is 7. The highest BCUT2D eigenvalue weighted by atomic mass is 16.7. The number of hydroxylamine groups is 1. The number of carbonyl (C=O) groups excluding carboxylic acids is 3. The molecule has 0 aliphatic rings. The van der Waals surface area contributed by atoms with Crippen LogP contribution in [0.5, 0.6) is 0 Å². The molecule has 2 rings (SSSR count). The van der Waals surface area contributed by atoms with Crippen molar-refractivity contribution in [3.8, 4) is 0 Å². The highest BCUT2D eigenvalue weighted by molar-refractivity contribution is 5.87. The number of aliphatic hydroxyl groups excluding tert-OH is 1. The number of amides is 4. The van der Waals surface area contributed by atoms with Crippen molar-refractivity contribution >= 4 is 23.5 Å². The number of primary amides is 1. The standard InChI is InChI=1S/C27H37N5O7/c1-27(2,3)39-29-24(34)14-16-31(23(25(28)35)19-21-9-11-22(12-10-21)32(37)38)26(36)30(17-18-33)15-13-20-7-5-4-6-8-20/h4-12,23,33H,13-19H2,1-3H3,(H2,28,35)(H,29,34)/t23-/m0/s1. The van der Waals surface area contributed by atoms with Crippen LogP contribution in [0.1, 0.15) is 38.3 Å². The summed E-state index contributed by atoms with van der Waals surface area (Å²) in [6.07, 6.45) is 0.298. The second-order valence-electron chi connectivity index (χ2n) is 9.96. The van der Waals surface area contributed by atoms with Gasteiger partial charge in [0.1, 0.15) is 6.04 Å². The summed E-state index contributed by atoms with van der Waals surface area (Å²) in [5, 5.41) is 20.7. The van der Waals surface area contributed by atoms with Gasteiger partial charge in [0.2, 0.25) is 11.8 Å². The fourth-order valence-electron chi connectivity index (χ4n) is 3.72. The van der Waals surface area contributed by atoms with Gasteiger partial charge < -0.3 is 20.6 Å². The molecule has 0 aliphatic carbocycles. The highest BCUT2D eigenvalue weighted by Crippen LogP contribution is 2.17. The Morgan fingerprint density at radius 1 is 1.03 bits per heavy atom. The second-order valence-corrected chi connectivity index (χ2v) is 9.96. The first-order valence-corrected chi connectivity index (χ1v) is 12.6. The van der Waals surface area contributed by atoms with Crippen LogP contribution in [0.2, 0.25) is 0 Å². The molecule has 0 saturated carbocycles. The van der Waals surface area contributed by atoms with Gasteiger partial charge in [0.05, 0.1) is 17.1 Å². The van der Waals surface area contributed by atoms with Crippen LogP contribution >= 0.6 is 0 Å². The van der Waals surface area contributed by atoms with Crippen molar-refractivity contribution in [3.05, 3.63) is 75.8 Å². The van der Waals surface area contributed by atoms with Gasteiger partial charge in [-0.15, -0.1) is 0 Å². The van der Waals surface area contributed by atoms with Crippen molar-refractivity contribution in [2.45, 2.75) is 51.7 Å². The predicted octanol–water partition coefficient (Wildman–Crippen LogP) is 2.19. The highest BCUT2D eigenvalue weighted by Gasteiger charge is 2.32. The molecule has 0 bridgehead atoms. The van der Waals surface area contributed by atoms with Crippen molar-refractivity contribution < 1.29 is 29.3 Å². The number of non-ortho nitro benzene ring substituents is 1. The van der Waals surface area contributed by atoms with E-state index in [1.54, 1.807) is 20.8 Å². The number of urea groups is 1. The molecule has 212 valence electrons. The Labute approximate surface area is 227 Å². The van der Waals surface area contributed by atoms with Crippen LogP contribution in [-0.4, -0.2) is 75.6 Å². The van der Waals surface area contributed by atoms with Crippen LogP contribution in [-0.2, 0) is 27.3 Å². The molecule has 0 aliphatic heterocycles. The number of nitrogens with zero attached hydrogens (tertiary/aromatic N) is 3. The molecule has 12 heteroatoms. The number of benzene rings is 2. The zero-order valence-electron chi connectivity index (χ0n) is 22.5. The van der Waals surface area contributed by atoms with E-state index in [1.165, 1.54) is 34.1 Å². The Kier molecular flexibility index (Phi) is 11.8. The summed E-state index contributed by atoms with van der Waals surface area (Å²) in [6, 6.07) is 13.3. The third kappa shape index (κ3) is 10.7. The first-order chi connectivity index (χ1) is 18.4. The van der Waals surface area contributed by atoms with Crippen LogP contribution in [0, 0.1) is 10.1 Å². The van der Waals surface area contributed by atoms with E-state index >= 15 is 0 Å². The van der Waals surface area contributed by atoms with Gasteiger partial charge in [0, 0.05) is 44.6 Å². The third-order valence-corrected chi connectivity index (χ3v) is 5.73. The lowest BCUT2D eigenvalue weighted by Crippen LogP contribution is -2.55. The Balaban J connectivity index is 2.30. The van der Waals surface area contributed by atoms with Crippen molar-refractivity contribution in [2.24, 2.45) is 5.73 Å². The largest absolute Gasteiger partial charge is 0.395 e. The summed E-state index contributed by atoms with van der Waals surface area (Å²) in [5.41, 5.74) is 8.84. The molecular formula is C27H37N5O7. The van der Waals surface area contributed by atoms with Crippen molar-refractivity contribution in [3.63, 3.8) is 0 Å². The monoisotopic (exact) mass is 543 g/mol. The van der Waals surface area contributed by atoms with Crippen molar-refractivity contribution in [2.75, 3.05) is 26.2 Å². The fraction of sp³-hybridized carbons (Fsp3) is 0.444. The van der Waals surface area contributed by atoms with Gasteiger partial charge >= 0.3 is 6.03 Å².